The Morgan fingerprint density at radius 3 is 2.52 bits per heavy atom. The molecule has 2 aromatic carbocycles. The van der Waals surface area contributed by atoms with E-state index in [9.17, 15) is 9.59 Å². The number of carbonyl (C=O) groups is 2. The quantitative estimate of drug-likeness (QED) is 0.497. The number of aromatic nitrogens is 1. The van der Waals surface area contributed by atoms with Gasteiger partial charge in [-0.15, -0.1) is 0 Å². The Balaban J connectivity index is 1.93. The fourth-order valence-electron chi connectivity index (χ4n) is 2.83. The molecule has 4 heteroatoms. The van der Waals surface area contributed by atoms with E-state index in [2.05, 4.69) is 4.98 Å². The minimum Gasteiger partial charge on any atom is -0.449 e. The van der Waals surface area contributed by atoms with E-state index in [-0.39, 0.29) is 11.8 Å². The number of rotatable bonds is 7. The predicted molar refractivity (Wildman–Crippen MR) is 97.4 cm³/mol. The average Bonchev–Trinajstić information content (AvgIpc) is 3.09. The molecule has 0 aliphatic carbocycles. The maximum Gasteiger partial charge on any atom is 0.306 e. The van der Waals surface area contributed by atoms with Crippen LogP contribution in [-0.4, -0.2) is 16.7 Å². The molecule has 3 aromatic rings. The van der Waals surface area contributed by atoms with Gasteiger partial charge in [0.15, 0.2) is 6.10 Å². The van der Waals surface area contributed by atoms with Crippen molar-refractivity contribution in [3.63, 3.8) is 0 Å². The zero-order chi connectivity index (χ0) is 17.6. The number of aromatic amines is 1. The van der Waals surface area contributed by atoms with Gasteiger partial charge in [-0.25, -0.2) is 0 Å². The molecule has 0 fully saturated rings. The molecular weight excluding hydrogens is 314 g/mol. The third kappa shape index (κ3) is 3.79. The molecule has 4 nitrogen and oxygen atoms in total. The highest BCUT2D eigenvalue weighted by molar-refractivity contribution is 6.10. The van der Waals surface area contributed by atoms with E-state index < -0.39 is 6.10 Å². The first kappa shape index (κ1) is 17.0. The van der Waals surface area contributed by atoms with E-state index in [1.165, 1.54) is 0 Å². The summed E-state index contributed by atoms with van der Waals surface area (Å²) in [6, 6.07) is 16.8. The topological polar surface area (TPSA) is 59.2 Å². The van der Waals surface area contributed by atoms with Crippen LogP contribution < -0.4 is 0 Å². The average molecular weight is 335 g/mol. The summed E-state index contributed by atoms with van der Waals surface area (Å²) in [5.74, 6) is -0.558. The van der Waals surface area contributed by atoms with Gasteiger partial charge in [0.25, 0.3) is 0 Å². The molecule has 0 bridgehead atoms. The van der Waals surface area contributed by atoms with E-state index in [0.717, 1.165) is 23.7 Å². The van der Waals surface area contributed by atoms with E-state index in [1.807, 2.05) is 61.5 Å². The molecule has 128 valence electrons. The van der Waals surface area contributed by atoms with Crippen LogP contribution in [0.25, 0.3) is 10.9 Å². The van der Waals surface area contributed by atoms with Crippen molar-refractivity contribution in [1.82, 2.24) is 4.98 Å². The zero-order valence-electron chi connectivity index (χ0n) is 14.2. The molecule has 1 heterocycles. The number of hydrogen-bond donors (Lipinski definition) is 1. The van der Waals surface area contributed by atoms with Crippen LogP contribution in [-0.2, 0) is 9.53 Å². The molecule has 1 atom stereocenters. The summed E-state index contributed by atoms with van der Waals surface area (Å²) >= 11 is 0. The van der Waals surface area contributed by atoms with Crippen molar-refractivity contribution in [3.05, 3.63) is 71.9 Å². The lowest BCUT2D eigenvalue weighted by molar-refractivity contribution is -0.147. The van der Waals surface area contributed by atoms with Gasteiger partial charge >= 0.3 is 5.97 Å². The number of benzene rings is 2. The molecule has 0 aliphatic heterocycles. The van der Waals surface area contributed by atoms with Crippen LogP contribution in [0.5, 0.6) is 0 Å². The van der Waals surface area contributed by atoms with Crippen LogP contribution in [0, 0.1) is 0 Å². The monoisotopic (exact) mass is 335 g/mol. The van der Waals surface area contributed by atoms with Crippen molar-refractivity contribution in [2.24, 2.45) is 0 Å². The number of unbranched alkanes of at least 4 members (excludes halogenated alkanes) is 1. The fourth-order valence-corrected chi connectivity index (χ4v) is 2.83. The Morgan fingerprint density at radius 1 is 1.04 bits per heavy atom. The van der Waals surface area contributed by atoms with Crippen LogP contribution in [0.3, 0.4) is 0 Å². The highest BCUT2D eigenvalue weighted by atomic mass is 16.5. The lowest BCUT2D eigenvalue weighted by Crippen LogP contribution is -2.20. The van der Waals surface area contributed by atoms with Gasteiger partial charge in [-0.1, -0.05) is 61.9 Å². The molecule has 0 amide bonds. The normalized spacial score (nSPS) is 12.0. The molecule has 0 saturated heterocycles. The molecule has 25 heavy (non-hydrogen) atoms. The number of H-pyrrole nitrogens is 1. The number of Topliss-reactive ketones (excluding diaryl/α,β-unsaturated/α-hetero) is 1. The second-order valence-electron chi connectivity index (χ2n) is 6.00. The van der Waals surface area contributed by atoms with Gasteiger partial charge in [-0.2, -0.15) is 0 Å². The van der Waals surface area contributed by atoms with Crippen molar-refractivity contribution in [2.45, 2.75) is 32.3 Å². The van der Waals surface area contributed by atoms with E-state index in [0.29, 0.717) is 17.5 Å². The second-order valence-corrected chi connectivity index (χ2v) is 6.00. The first-order valence-electron chi connectivity index (χ1n) is 8.55. The largest absolute Gasteiger partial charge is 0.449 e. The minimum absolute atomic E-state index is 0.214. The highest BCUT2D eigenvalue weighted by Crippen LogP contribution is 2.27. The van der Waals surface area contributed by atoms with Gasteiger partial charge in [0.1, 0.15) is 0 Å². The van der Waals surface area contributed by atoms with Gasteiger partial charge < -0.3 is 9.72 Å². The molecule has 3 rings (SSSR count). The Bertz CT molecular complexity index is 867. The minimum atomic E-state index is -0.926. The molecule has 1 N–H and O–H groups in total. The summed E-state index contributed by atoms with van der Waals surface area (Å²) < 4.78 is 5.57. The Hall–Kier alpha value is -2.88. The molecule has 0 unspecified atom stereocenters. The van der Waals surface area contributed by atoms with Crippen LogP contribution in [0.15, 0.2) is 60.8 Å². The number of fused-ring (bicyclic) bond motifs is 1. The Labute approximate surface area is 146 Å². The zero-order valence-corrected chi connectivity index (χ0v) is 14.2. The Kier molecular flexibility index (Phi) is 5.29. The number of nitrogens with one attached hydrogen (secondary N) is 1. The fraction of sp³-hybridized carbons (Fsp3) is 0.238. The number of carbonyl (C=O) groups excluding carboxylic acids is 2. The highest BCUT2D eigenvalue weighted by Gasteiger charge is 2.27. The standard InChI is InChI=1S/C21H21NO3/c1-2-3-13-19(23)25-21(15-9-5-4-6-10-15)20(24)17-14-22-18-12-8-7-11-16(17)18/h4-12,14,21-22H,2-3,13H2,1H3/t21-/m0/s1. The van der Waals surface area contributed by atoms with Gasteiger partial charge in [-0.3, -0.25) is 9.59 Å². The third-order valence-electron chi connectivity index (χ3n) is 4.18. The van der Waals surface area contributed by atoms with Crippen molar-refractivity contribution in [1.29, 1.82) is 0 Å². The molecule has 0 saturated carbocycles. The van der Waals surface area contributed by atoms with Crippen molar-refractivity contribution in [2.75, 3.05) is 0 Å². The Morgan fingerprint density at radius 2 is 1.76 bits per heavy atom. The SMILES string of the molecule is CCCCC(=O)O[C@H](C(=O)c1c[nH]c2ccccc12)c1ccccc1. The van der Waals surface area contributed by atoms with Gasteiger partial charge in [0.2, 0.25) is 5.78 Å². The third-order valence-corrected chi connectivity index (χ3v) is 4.18. The molecule has 1 aromatic heterocycles. The van der Waals surface area contributed by atoms with Crippen molar-refractivity contribution in [3.8, 4) is 0 Å². The molecule has 0 radical (unpaired) electrons. The number of esters is 1. The number of ether oxygens (including phenoxy) is 1. The molecule has 0 aliphatic rings. The van der Waals surface area contributed by atoms with Crippen molar-refractivity contribution < 1.29 is 14.3 Å². The van der Waals surface area contributed by atoms with Gasteiger partial charge in [-0.05, 0) is 12.5 Å². The molecule has 0 spiro atoms. The first-order chi connectivity index (χ1) is 12.2. The number of hydrogen-bond acceptors (Lipinski definition) is 3. The summed E-state index contributed by atoms with van der Waals surface area (Å²) in [5, 5.41) is 0.832. The van der Waals surface area contributed by atoms with Crippen LogP contribution in [0.2, 0.25) is 0 Å². The first-order valence-corrected chi connectivity index (χ1v) is 8.55. The summed E-state index contributed by atoms with van der Waals surface area (Å²) in [7, 11) is 0. The van der Waals surface area contributed by atoms with Crippen molar-refractivity contribution >= 4 is 22.7 Å². The predicted octanol–water partition coefficient (Wildman–Crippen LogP) is 4.83. The smallest absolute Gasteiger partial charge is 0.306 e. The number of ketones is 1. The maximum absolute atomic E-state index is 13.1. The van der Waals surface area contributed by atoms with E-state index in [1.54, 1.807) is 6.20 Å². The van der Waals surface area contributed by atoms with Crippen LogP contribution in [0.1, 0.15) is 48.2 Å². The summed E-state index contributed by atoms with van der Waals surface area (Å²) in [4.78, 5) is 28.4. The molecular formula is C21H21NO3. The van der Waals surface area contributed by atoms with E-state index >= 15 is 0 Å². The van der Waals surface area contributed by atoms with Crippen LogP contribution >= 0.6 is 0 Å². The summed E-state index contributed by atoms with van der Waals surface area (Å²) in [6.07, 6.45) is 2.73. The lowest BCUT2D eigenvalue weighted by atomic mass is 9.99. The van der Waals surface area contributed by atoms with E-state index in [4.69, 9.17) is 4.74 Å². The second kappa shape index (κ2) is 7.79. The maximum atomic E-state index is 13.1. The number of para-hydroxylation sites is 1. The summed E-state index contributed by atoms with van der Waals surface area (Å²) in [5.41, 5.74) is 2.10. The van der Waals surface area contributed by atoms with Gasteiger partial charge in [0, 0.05) is 34.6 Å². The lowest BCUT2D eigenvalue weighted by Gasteiger charge is -2.17. The van der Waals surface area contributed by atoms with Crippen LogP contribution in [0.4, 0.5) is 0 Å². The van der Waals surface area contributed by atoms with Gasteiger partial charge in [0.05, 0.1) is 0 Å². The summed E-state index contributed by atoms with van der Waals surface area (Å²) in [6.45, 7) is 2.01.